The highest BCUT2D eigenvalue weighted by atomic mass is 32.2. The van der Waals surface area contributed by atoms with Crippen molar-refractivity contribution in [3.8, 4) is 17.1 Å². The van der Waals surface area contributed by atoms with Gasteiger partial charge < -0.3 is 14.6 Å². The number of hydrogen-bond acceptors (Lipinski definition) is 5. The fourth-order valence-corrected chi connectivity index (χ4v) is 3.47. The van der Waals surface area contributed by atoms with Gasteiger partial charge in [-0.1, -0.05) is 17.8 Å². The largest absolute Gasteiger partial charge is 0.497 e. The minimum atomic E-state index is -0.447. The number of rotatable bonds is 7. The van der Waals surface area contributed by atoms with Crippen molar-refractivity contribution in [1.82, 2.24) is 14.8 Å². The summed E-state index contributed by atoms with van der Waals surface area (Å²) in [6, 6.07) is 12.2. The fraction of sp³-hybridized carbons (Fsp3) is 0.250. The van der Waals surface area contributed by atoms with Crippen LogP contribution in [0.25, 0.3) is 11.4 Å². The van der Waals surface area contributed by atoms with Crippen LogP contribution >= 0.6 is 11.8 Å². The van der Waals surface area contributed by atoms with E-state index in [-0.39, 0.29) is 17.3 Å². The van der Waals surface area contributed by atoms with Gasteiger partial charge in [-0.2, -0.15) is 0 Å². The Morgan fingerprint density at radius 1 is 1.21 bits per heavy atom. The summed E-state index contributed by atoms with van der Waals surface area (Å²) in [4.78, 5) is 12.2. The van der Waals surface area contributed by atoms with Crippen LogP contribution in [0, 0.1) is 12.7 Å². The van der Waals surface area contributed by atoms with Crippen molar-refractivity contribution >= 4 is 23.4 Å². The van der Waals surface area contributed by atoms with E-state index in [1.807, 2.05) is 35.8 Å². The van der Waals surface area contributed by atoms with Crippen LogP contribution in [0.15, 0.2) is 47.6 Å². The van der Waals surface area contributed by atoms with Gasteiger partial charge >= 0.3 is 0 Å². The van der Waals surface area contributed by atoms with Crippen molar-refractivity contribution in [1.29, 1.82) is 0 Å². The molecule has 0 aliphatic heterocycles. The van der Waals surface area contributed by atoms with Crippen molar-refractivity contribution in [2.45, 2.75) is 25.5 Å². The van der Waals surface area contributed by atoms with Crippen molar-refractivity contribution in [2.75, 3.05) is 18.2 Å². The maximum atomic E-state index is 13.9. The number of ether oxygens (including phenoxy) is 1. The fourth-order valence-electron chi connectivity index (χ4n) is 2.67. The van der Waals surface area contributed by atoms with Gasteiger partial charge in [0.25, 0.3) is 0 Å². The Balaban J connectivity index is 1.68. The van der Waals surface area contributed by atoms with Gasteiger partial charge in [0.15, 0.2) is 11.0 Å². The molecule has 0 saturated heterocycles. The van der Waals surface area contributed by atoms with Gasteiger partial charge in [0.2, 0.25) is 5.91 Å². The maximum Gasteiger partial charge on any atom is 0.234 e. The highest BCUT2D eigenvalue weighted by molar-refractivity contribution is 7.99. The Morgan fingerprint density at radius 3 is 2.61 bits per heavy atom. The van der Waals surface area contributed by atoms with Gasteiger partial charge in [0.05, 0.1) is 18.6 Å². The molecular formula is C20H21FN4O2S. The summed E-state index contributed by atoms with van der Waals surface area (Å²) in [5.41, 5.74) is 1.88. The average molecular weight is 400 g/mol. The normalized spacial score (nSPS) is 10.7. The van der Waals surface area contributed by atoms with Gasteiger partial charge in [-0.25, -0.2) is 4.39 Å². The van der Waals surface area contributed by atoms with E-state index in [9.17, 15) is 9.18 Å². The molecule has 2 aromatic carbocycles. The monoisotopic (exact) mass is 400 g/mol. The van der Waals surface area contributed by atoms with E-state index >= 15 is 0 Å². The van der Waals surface area contributed by atoms with E-state index in [0.717, 1.165) is 22.7 Å². The predicted octanol–water partition coefficient (Wildman–Crippen LogP) is 4.15. The first-order chi connectivity index (χ1) is 13.5. The SMILES string of the molecule is CCn1c(SCC(=O)Nc2ccc(C)cc2F)nnc1-c1ccc(OC)cc1. The zero-order chi connectivity index (χ0) is 20.1. The Morgan fingerprint density at radius 2 is 1.96 bits per heavy atom. The highest BCUT2D eigenvalue weighted by Gasteiger charge is 2.15. The molecule has 28 heavy (non-hydrogen) atoms. The van der Waals surface area contributed by atoms with E-state index in [1.54, 1.807) is 26.2 Å². The zero-order valence-electron chi connectivity index (χ0n) is 15.9. The first-order valence-electron chi connectivity index (χ1n) is 8.78. The first-order valence-corrected chi connectivity index (χ1v) is 9.76. The molecule has 6 nitrogen and oxygen atoms in total. The molecule has 0 atom stereocenters. The molecule has 1 heterocycles. The highest BCUT2D eigenvalue weighted by Crippen LogP contribution is 2.26. The third-order valence-electron chi connectivity index (χ3n) is 4.11. The number of anilines is 1. The molecule has 146 valence electrons. The van der Waals surface area contributed by atoms with Crippen LogP contribution in [0.3, 0.4) is 0 Å². The number of hydrogen-bond donors (Lipinski definition) is 1. The summed E-state index contributed by atoms with van der Waals surface area (Å²) in [6.45, 7) is 4.44. The van der Waals surface area contributed by atoms with Gasteiger partial charge in [-0.15, -0.1) is 10.2 Å². The first kappa shape index (κ1) is 19.9. The van der Waals surface area contributed by atoms with Crippen molar-refractivity contribution in [3.05, 3.63) is 53.8 Å². The molecule has 3 rings (SSSR count). The van der Waals surface area contributed by atoms with Crippen LogP contribution in [-0.4, -0.2) is 33.5 Å². The minimum absolute atomic E-state index is 0.105. The second-order valence-electron chi connectivity index (χ2n) is 6.10. The van der Waals surface area contributed by atoms with Crippen LogP contribution in [0.2, 0.25) is 0 Å². The number of nitrogens with zero attached hydrogens (tertiary/aromatic N) is 3. The Hall–Kier alpha value is -2.87. The molecule has 0 spiro atoms. The lowest BCUT2D eigenvalue weighted by atomic mass is 10.2. The number of carbonyl (C=O) groups is 1. The molecule has 0 unspecified atom stereocenters. The second-order valence-corrected chi connectivity index (χ2v) is 7.04. The smallest absolute Gasteiger partial charge is 0.234 e. The van der Waals surface area contributed by atoms with Gasteiger partial charge in [0.1, 0.15) is 11.6 Å². The number of aryl methyl sites for hydroxylation is 1. The molecule has 1 N–H and O–H groups in total. The number of nitrogens with one attached hydrogen (secondary N) is 1. The number of aromatic nitrogens is 3. The summed E-state index contributed by atoms with van der Waals surface area (Å²) in [5.74, 6) is 0.841. The van der Waals surface area contributed by atoms with Crippen molar-refractivity contribution in [3.63, 3.8) is 0 Å². The lowest BCUT2D eigenvalue weighted by molar-refractivity contribution is -0.113. The number of thioether (sulfide) groups is 1. The van der Waals surface area contributed by atoms with E-state index in [4.69, 9.17) is 4.74 Å². The molecule has 0 saturated carbocycles. The molecule has 0 aliphatic rings. The van der Waals surface area contributed by atoms with E-state index < -0.39 is 5.82 Å². The van der Waals surface area contributed by atoms with E-state index in [1.165, 1.54) is 17.8 Å². The molecule has 0 bridgehead atoms. The number of amides is 1. The van der Waals surface area contributed by atoms with Gasteiger partial charge in [0, 0.05) is 12.1 Å². The third kappa shape index (κ3) is 4.51. The van der Waals surface area contributed by atoms with Crippen LogP contribution in [-0.2, 0) is 11.3 Å². The Bertz CT molecular complexity index is 973. The summed E-state index contributed by atoms with van der Waals surface area (Å²) in [7, 11) is 1.62. The molecular weight excluding hydrogens is 379 g/mol. The van der Waals surface area contributed by atoms with Crippen LogP contribution in [0.1, 0.15) is 12.5 Å². The topological polar surface area (TPSA) is 69.0 Å². The molecule has 1 aromatic heterocycles. The molecule has 0 radical (unpaired) electrons. The van der Waals surface area contributed by atoms with Gasteiger partial charge in [-0.05, 0) is 55.8 Å². The standard InChI is InChI=1S/C20H21FN4O2S/c1-4-25-19(14-6-8-15(27-3)9-7-14)23-24-20(25)28-12-18(26)22-17-10-5-13(2)11-16(17)21/h5-11H,4,12H2,1-3H3,(H,22,26). The van der Waals surface area contributed by atoms with Crippen LogP contribution in [0.4, 0.5) is 10.1 Å². The van der Waals surface area contributed by atoms with E-state index in [0.29, 0.717) is 11.7 Å². The molecule has 8 heteroatoms. The molecule has 0 fully saturated rings. The zero-order valence-corrected chi connectivity index (χ0v) is 16.7. The lowest BCUT2D eigenvalue weighted by Gasteiger charge is -2.09. The van der Waals surface area contributed by atoms with Crippen molar-refractivity contribution < 1.29 is 13.9 Å². The quantitative estimate of drug-likeness (QED) is 0.604. The lowest BCUT2D eigenvalue weighted by Crippen LogP contribution is -2.15. The second kappa shape index (κ2) is 8.88. The summed E-state index contributed by atoms with van der Waals surface area (Å²) >= 11 is 1.26. The third-order valence-corrected chi connectivity index (χ3v) is 5.08. The Kier molecular flexibility index (Phi) is 6.30. The molecule has 1 amide bonds. The Labute approximate surface area is 167 Å². The maximum absolute atomic E-state index is 13.9. The predicted molar refractivity (Wildman–Crippen MR) is 108 cm³/mol. The van der Waals surface area contributed by atoms with E-state index in [2.05, 4.69) is 15.5 Å². The molecule has 0 aliphatic carbocycles. The van der Waals surface area contributed by atoms with Gasteiger partial charge in [-0.3, -0.25) is 4.79 Å². The number of carbonyl (C=O) groups excluding carboxylic acids is 1. The minimum Gasteiger partial charge on any atom is -0.497 e. The summed E-state index contributed by atoms with van der Waals surface area (Å²) < 4.78 is 21.0. The summed E-state index contributed by atoms with van der Waals surface area (Å²) in [6.07, 6.45) is 0. The van der Waals surface area contributed by atoms with Crippen LogP contribution < -0.4 is 10.1 Å². The molecule has 3 aromatic rings. The van der Waals surface area contributed by atoms with Crippen molar-refractivity contribution in [2.24, 2.45) is 0 Å². The summed E-state index contributed by atoms with van der Waals surface area (Å²) in [5, 5.41) is 11.7. The van der Waals surface area contributed by atoms with Crippen LogP contribution in [0.5, 0.6) is 5.75 Å². The number of halogens is 1. The average Bonchev–Trinajstić information content (AvgIpc) is 3.11. The number of benzene rings is 2. The number of methoxy groups -OCH3 is 1.